The molecule has 2 N–H and O–H groups in total. The van der Waals surface area contributed by atoms with Gasteiger partial charge in [-0.1, -0.05) is 38.1 Å². The van der Waals surface area contributed by atoms with E-state index in [9.17, 15) is 14.4 Å². The fourth-order valence-corrected chi connectivity index (χ4v) is 5.99. The van der Waals surface area contributed by atoms with E-state index in [1.165, 1.54) is 11.1 Å². The average molecular weight is 430 g/mol. The van der Waals surface area contributed by atoms with Crippen LogP contribution in [0.2, 0.25) is 0 Å². The predicted octanol–water partition coefficient (Wildman–Crippen LogP) is 5.35. The van der Waals surface area contributed by atoms with Gasteiger partial charge in [0.2, 0.25) is 5.91 Å². The van der Waals surface area contributed by atoms with Crippen LogP contribution in [0.25, 0.3) is 6.08 Å². The predicted molar refractivity (Wildman–Crippen MR) is 127 cm³/mol. The highest BCUT2D eigenvalue weighted by atomic mass is 16.1. The van der Waals surface area contributed by atoms with E-state index in [-0.39, 0.29) is 5.41 Å². The summed E-state index contributed by atoms with van der Waals surface area (Å²) < 4.78 is 0. The Labute approximate surface area is 189 Å². The van der Waals surface area contributed by atoms with Crippen LogP contribution in [-0.4, -0.2) is 18.5 Å². The number of aryl methyl sites for hydroxylation is 1. The number of fused-ring (bicyclic) bond motifs is 3. The van der Waals surface area contributed by atoms with Crippen molar-refractivity contribution in [3.8, 4) is 0 Å². The lowest BCUT2D eigenvalue weighted by atomic mass is 9.54. The van der Waals surface area contributed by atoms with Crippen molar-refractivity contribution >= 4 is 24.6 Å². The summed E-state index contributed by atoms with van der Waals surface area (Å²) in [6, 6.07) is 13.2. The number of aldehydes is 2. The molecule has 3 unspecified atom stereocenters. The highest BCUT2D eigenvalue weighted by Crippen LogP contribution is 2.56. The molecule has 0 heterocycles. The van der Waals surface area contributed by atoms with Crippen molar-refractivity contribution in [3.63, 3.8) is 0 Å². The summed E-state index contributed by atoms with van der Waals surface area (Å²) in [4.78, 5) is 34.8. The Hall–Kier alpha value is -3.01. The van der Waals surface area contributed by atoms with E-state index in [1.54, 1.807) is 18.2 Å². The third kappa shape index (κ3) is 4.32. The molecule has 2 aliphatic rings. The van der Waals surface area contributed by atoms with Gasteiger partial charge in [0.05, 0.1) is 0 Å². The van der Waals surface area contributed by atoms with E-state index in [0.29, 0.717) is 23.3 Å². The minimum Gasteiger partial charge on any atom is -0.366 e. The fourth-order valence-electron chi connectivity index (χ4n) is 5.99. The third-order valence-electron chi connectivity index (χ3n) is 7.72. The summed E-state index contributed by atoms with van der Waals surface area (Å²) >= 11 is 0. The zero-order chi connectivity index (χ0) is 22.9. The van der Waals surface area contributed by atoms with Gasteiger partial charge in [-0.2, -0.15) is 0 Å². The first kappa shape index (κ1) is 22.2. The monoisotopic (exact) mass is 429 g/mol. The Morgan fingerprint density at radius 1 is 1.09 bits per heavy atom. The van der Waals surface area contributed by atoms with E-state index in [1.807, 2.05) is 18.2 Å². The van der Waals surface area contributed by atoms with Gasteiger partial charge >= 0.3 is 0 Å². The summed E-state index contributed by atoms with van der Waals surface area (Å²) in [5.41, 5.74) is 11.0. The normalized spacial score (nSPS) is 24.2. The first-order valence-electron chi connectivity index (χ1n) is 11.5. The fraction of sp³-hybridized carbons (Fsp3) is 0.393. The quantitative estimate of drug-likeness (QED) is 0.496. The lowest BCUT2D eigenvalue weighted by Crippen LogP contribution is -2.41. The van der Waals surface area contributed by atoms with Crippen molar-refractivity contribution in [2.24, 2.45) is 23.0 Å². The van der Waals surface area contributed by atoms with Gasteiger partial charge in [-0.15, -0.1) is 0 Å². The molecule has 32 heavy (non-hydrogen) atoms. The van der Waals surface area contributed by atoms with Crippen molar-refractivity contribution in [1.29, 1.82) is 0 Å². The van der Waals surface area contributed by atoms with Crippen molar-refractivity contribution in [2.75, 3.05) is 0 Å². The molecule has 0 aromatic heterocycles. The number of primary amides is 1. The molecular weight excluding hydrogens is 398 g/mol. The zero-order valence-corrected chi connectivity index (χ0v) is 18.8. The molecule has 2 aromatic carbocycles. The van der Waals surface area contributed by atoms with E-state index < -0.39 is 5.91 Å². The Balaban J connectivity index is 1.63. The minimum absolute atomic E-state index is 0.137. The Bertz CT molecular complexity index is 1080. The van der Waals surface area contributed by atoms with Crippen LogP contribution in [0.4, 0.5) is 0 Å². The summed E-state index contributed by atoms with van der Waals surface area (Å²) in [6.45, 7) is 4.66. The highest BCUT2D eigenvalue weighted by molar-refractivity contribution is 5.93. The van der Waals surface area contributed by atoms with Crippen LogP contribution in [0.15, 0.2) is 48.0 Å². The Morgan fingerprint density at radius 3 is 2.62 bits per heavy atom. The molecule has 4 rings (SSSR count). The first-order chi connectivity index (χ1) is 15.3. The van der Waals surface area contributed by atoms with Crippen LogP contribution in [0.1, 0.15) is 82.9 Å². The van der Waals surface area contributed by atoms with Crippen molar-refractivity contribution in [1.82, 2.24) is 0 Å². The van der Waals surface area contributed by atoms with Gasteiger partial charge in [-0.3, -0.25) is 14.4 Å². The number of carbonyl (C=O) groups is 3. The van der Waals surface area contributed by atoms with Gasteiger partial charge < -0.3 is 5.73 Å². The number of benzene rings is 2. The molecule has 0 radical (unpaired) electrons. The number of carbonyl (C=O) groups excluding carboxylic acids is 3. The summed E-state index contributed by atoms with van der Waals surface area (Å²) in [6.07, 6.45) is 8.81. The standard InChI is InChI=1S/C28H31NO3/c1-28(2)11-10-24-23-8-6-19(16-30)14-21(23)7-9-25(24)26(28)15-20(17-31)12-18-4-3-5-22(13-18)27(29)32/h3-6,8,12-14,16-17,24-26H,7,9-11,15H2,1-2H3,(H2,29,32)/b20-12+. The topological polar surface area (TPSA) is 77.2 Å². The van der Waals surface area contributed by atoms with Crippen molar-refractivity contribution < 1.29 is 14.4 Å². The molecule has 2 aromatic rings. The van der Waals surface area contributed by atoms with E-state index in [0.717, 1.165) is 61.4 Å². The van der Waals surface area contributed by atoms with Crippen LogP contribution in [0.5, 0.6) is 0 Å². The van der Waals surface area contributed by atoms with Gasteiger partial charge in [-0.25, -0.2) is 0 Å². The number of amides is 1. The second-order valence-corrected chi connectivity index (χ2v) is 10.0. The lowest BCUT2D eigenvalue weighted by Gasteiger charge is -2.51. The largest absolute Gasteiger partial charge is 0.366 e. The minimum atomic E-state index is -0.470. The Morgan fingerprint density at radius 2 is 1.91 bits per heavy atom. The van der Waals surface area contributed by atoms with E-state index in [2.05, 4.69) is 26.0 Å². The average Bonchev–Trinajstić information content (AvgIpc) is 2.79. The van der Waals surface area contributed by atoms with Crippen LogP contribution in [0.3, 0.4) is 0 Å². The first-order valence-corrected chi connectivity index (χ1v) is 11.5. The maximum atomic E-state index is 12.0. The molecule has 0 saturated heterocycles. The molecule has 3 atom stereocenters. The molecular formula is C28H31NO3. The molecule has 166 valence electrons. The molecule has 2 aliphatic carbocycles. The van der Waals surface area contributed by atoms with Gasteiger partial charge in [-0.05, 0) is 102 Å². The van der Waals surface area contributed by atoms with Gasteiger partial charge in [0, 0.05) is 11.1 Å². The smallest absolute Gasteiger partial charge is 0.248 e. The van der Waals surface area contributed by atoms with Crippen LogP contribution in [0, 0.1) is 17.3 Å². The van der Waals surface area contributed by atoms with Crippen molar-refractivity contribution in [3.05, 3.63) is 75.9 Å². The van der Waals surface area contributed by atoms with E-state index in [4.69, 9.17) is 5.73 Å². The summed E-state index contributed by atoms with van der Waals surface area (Å²) in [5, 5.41) is 0. The second kappa shape index (κ2) is 8.85. The molecule has 1 amide bonds. The number of nitrogens with two attached hydrogens (primary N) is 1. The SMILES string of the molecule is CC1(C)CCC2c3ccc(C=O)cc3CCC2C1C/C(C=O)=C\c1cccc(C(N)=O)c1. The zero-order valence-electron chi connectivity index (χ0n) is 18.8. The number of allylic oxidation sites excluding steroid dienone is 1. The van der Waals surface area contributed by atoms with Crippen LogP contribution < -0.4 is 5.73 Å². The maximum Gasteiger partial charge on any atom is 0.248 e. The molecule has 4 nitrogen and oxygen atoms in total. The maximum absolute atomic E-state index is 12.0. The van der Waals surface area contributed by atoms with Gasteiger partial charge in [0.1, 0.15) is 12.6 Å². The second-order valence-electron chi connectivity index (χ2n) is 10.0. The van der Waals surface area contributed by atoms with Crippen LogP contribution in [-0.2, 0) is 11.2 Å². The molecule has 0 aliphatic heterocycles. The summed E-state index contributed by atoms with van der Waals surface area (Å²) in [5.74, 6) is 0.899. The molecule has 4 heteroatoms. The number of hydrogen-bond acceptors (Lipinski definition) is 3. The molecule has 1 saturated carbocycles. The molecule has 0 spiro atoms. The summed E-state index contributed by atoms with van der Waals surface area (Å²) in [7, 11) is 0. The molecule has 0 bridgehead atoms. The lowest BCUT2D eigenvalue weighted by molar-refractivity contribution is -0.105. The van der Waals surface area contributed by atoms with Crippen LogP contribution >= 0.6 is 0 Å². The van der Waals surface area contributed by atoms with E-state index >= 15 is 0 Å². The van der Waals surface area contributed by atoms with Gasteiger partial charge in [0.15, 0.2) is 0 Å². The van der Waals surface area contributed by atoms with Crippen molar-refractivity contribution in [2.45, 2.75) is 51.9 Å². The third-order valence-corrected chi connectivity index (χ3v) is 7.72. The number of rotatable bonds is 6. The van der Waals surface area contributed by atoms with Gasteiger partial charge in [0.25, 0.3) is 0 Å². The molecule has 1 fully saturated rings. The highest BCUT2D eigenvalue weighted by Gasteiger charge is 2.46. The Kier molecular flexibility index (Phi) is 6.14. The number of hydrogen-bond donors (Lipinski definition) is 1.